The van der Waals surface area contributed by atoms with Crippen LogP contribution in [0.3, 0.4) is 0 Å². The highest BCUT2D eigenvalue weighted by molar-refractivity contribution is 7.89. The molecule has 112 valence electrons. The van der Waals surface area contributed by atoms with Crippen LogP contribution in [0.1, 0.15) is 11.1 Å². The van der Waals surface area contributed by atoms with Crippen molar-refractivity contribution < 1.29 is 17.9 Å². The fourth-order valence-electron chi connectivity index (χ4n) is 1.66. The molecule has 20 heavy (non-hydrogen) atoms. The number of aryl methyl sites for hydroxylation is 2. The Labute approximate surface area is 118 Å². The normalized spacial score (nSPS) is 11.5. The Morgan fingerprint density at radius 3 is 2.50 bits per heavy atom. The number of amides is 1. The summed E-state index contributed by atoms with van der Waals surface area (Å²) < 4.78 is 31.6. The van der Waals surface area contributed by atoms with E-state index in [0.29, 0.717) is 11.1 Å². The Kier molecular flexibility index (Phi) is 5.49. The van der Waals surface area contributed by atoms with Gasteiger partial charge in [0.2, 0.25) is 15.9 Å². The van der Waals surface area contributed by atoms with Crippen molar-refractivity contribution >= 4 is 21.6 Å². The molecule has 1 aromatic rings. The van der Waals surface area contributed by atoms with Crippen molar-refractivity contribution in [2.75, 3.05) is 25.5 Å². The zero-order valence-corrected chi connectivity index (χ0v) is 12.3. The SMILES string of the molecule is Cc1ccc(C)c(S(=O)(=O)NCCOCC(N)=O)c1N. The zero-order chi connectivity index (χ0) is 15.3. The van der Waals surface area contributed by atoms with Crippen molar-refractivity contribution in [2.24, 2.45) is 5.73 Å². The molecule has 0 atom stereocenters. The van der Waals surface area contributed by atoms with Gasteiger partial charge in [0, 0.05) is 6.54 Å². The highest BCUT2D eigenvalue weighted by Gasteiger charge is 2.20. The summed E-state index contributed by atoms with van der Waals surface area (Å²) in [6, 6.07) is 3.46. The first-order chi connectivity index (χ1) is 9.25. The summed E-state index contributed by atoms with van der Waals surface area (Å²) in [5.41, 5.74) is 12.2. The fourth-order valence-corrected chi connectivity index (χ4v) is 3.10. The van der Waals surface area contributed by atoms with E-state index in [1.807, 2.05) is 0 Å². The molecule has 0 heterocycles. The molecule has 1 amide bonds. The van der Waals surface area contributed by atoms with Crippen LogP contribution in [0.2, 0.25) is 0 Å². The minimum Gasteiger partial charge on any atom is -0.397 e. The van der Waals surface area contributed by atoms with Crippen LogP contribution in [0.4, 0.5) is 5.69 Å². The third kappa shape index (κ3) is 4.19. The highest BCUT2D eigenvalue weighted by atomic mass is 32.2. The molecule has 0 saturated carbocycles. The van der Waals surface area contributed by atoms with Gasteiger partial charge in [-0.2, -0.15) is 0 Å². The number of nitrogens with one attached hydrogen (secondary N) is 1. The van der Waals surface area contributed by atoms with Crippen molar-refractivity contribution in [1.29, 1.82) is 0 Å². The van der Waals surface area contributed by atoms with Crippen LogP contribution >= 0.6 is 0 Å². The summed E-state index contributed by atoms with van der Waals surface area (Å²) in [7, 11) is -3.72. The van der Waals surface area contributed by atoms with Gasteiger partial charge in [0.15, 0.2) is 0 Å². The van der Waals surface area contributed by atoms with Gasteiger partial charge in [-0.1, -0.05) is 12.1 Å². The number of rotatable bonds is 7. The third-order valence-electron chi connectivity index (χ3n) is 2.66. The molecule has 0 fully saturated rings. The van der Waals surface area contributed by atoms with E-state index in [4.69, 9.17) is 16.2 Å². The lowest BCUT2D eigenvalue weighted by atomic mass is 10.1. The van der Waals surface area contributed by atoms with Crippen molar-refractivity contribution in [2.45, 2.75) is 18.7 Å². The molecule has 1 aromatic carbocycles. The molecule has 0 aliphatic rings. The minimum absolute atomic E-state index is 0.0302. The first-order valence-corrected chi connectivity index (χ1v) is 7.45. The van der Waals surface area contributed by atoms with Crippen LogP contribution in [-0.4, -0.2) is 34.1 Å². The van der Waals surface area contributed by atoms with E-state index in [1.165, 1.54) is 0 Å². The summed E-state index contributed by atoms with van der Waals surface area (Å²) >= 11 is 0. The Balaban J connectivity index is 2.75. The Bertz CT molecular complexity index is 599. The maximum atomic E-state index is 12.2. The quantitative estimate of drug-likeness (QED) is 0.469. The van der Waals surface area contributed by atoms with Crippen LogP contribution in [-0.2, 0) is 19.6 Å². The first kappa shape index (κ1) is 16.4. The number of ether oxygens (including phenoxy) is 1. The molecule has 7 nitrogen and oxygen atoms in total. The van der Waals surface area contributed by atoms with Crippen molar-refractivity contribution in [3.63, 3.8) is 0 Å². The van der Waals surface area contributed by atoms with Crippen LogP contribution in [0, 0.1) is 13.8 Å². The number of carbonyl (C=O) groups excluding carboxylic acids is 1. The maximum absolute atomic E-state index is 12.2. The molecule has 1 rings (SSSR count). The summed E-state index contributed by atoms with van der Waals surface area (Å²) in [5, 5.41) is 0. The van der Waals surface area contributed by atoms with Gasteiger partial charge in [-0.15, -0.1) is 0 Å². The first-order valence-electron chi connectivity index (χ1n) is 5.97. The van der Waals surface area contributed by atoms with Crippen molar-refractivity contribution in [3.8, 4) is 0 Å². The number of nitrogen functional groups attached to an aromatic ring is 1. The lowest BCUT2D eigenvalue weighted by Gasteiger charge is -2.13. The second-order valence-electron chi connectivity index (χ2n) is 4.36. The molecule has 0 unspecified atom stereocenters. The van der Waals surface area contributed by atoms with Crippen molar-refractivity contribution in [3.05, 3.63) is 23.3 Å². The number of hydrogen-bond acceptors (Lipinski definition) is 5. The number of sulfonamides is 1. The van der Waals surface area contributed by atoms with Gasteiger partial charge in [0.25, 0.3) is 0 Å². The molecule has 0 saturated heterocycles. The lowest BCUT2D eigenvalue weighted by molar-refractivity contribution is -0.122. The highest BCUT2D eigenvalue weighted by Crippen LogP contribution is 2.25. The van der Waals surface area contributed by atoms with E-state index < -0.39 is 15.9 Å². The van der Waals surface area contributed by atoms with Gasteiger partial charge in [-0.25, -0.2) is 13.1 Å². The van der Waals surface area contributed by atoms with E-state index >= 15 is 0 Å². The van der Waals surface area contributed by atoms with E-state index in [-0.39, 0.29) is 30.3 Å². The van der Waals surface area contributed by atoms with Gasteiger partial charge in [0.05, 0.1) is 12.3 Å². The van der Waals surface area contributed by atoms with Crippen LogP contribution in [0.25, 0.3) is 0 Å². The minimum atomic E-state index is -3.72. The molecule has 0 aromatic heterocycles. The van der Waals surface area contributed by atoms with E-state index in [2.05, 4.69) is 4.72 Å². The fraction of sp³-hybridized carbons (Fsp3) is 0.417. The lowest BCUT2D eigenvalue weighted by Crippen LogP contribution is -2.30. The van der Waals surface area contributed by atoms with Crippen LogP contribution in [0.5, 0.6) is 0 Å². The monoisotopic (exact) mass is 301 g/mol. The summed E-state index contributed by atoms with van der Waals surface area (Å²) in [6.45, 7) is 3.25. The number of nitrogens with two attached hydrogens (primary N) is 2. The predicted octanol–water partition coefficient (Wildman–Crippen LogP) is -0.334. The number of hydrogen-bond donors (Lipinski definition) is 3. The number of anilines is 1. The molecular formula is C12H19N3O4S. The second kappa shape index (κ2) is 6.69. The number of primary amides is 1. The topological polar surface area (TPSA) is 125 Å². The largest absolute Gasteiger partial charge is 0.397 e. The molecule has 0 spiro atoms. The smallest absolute Gasteiger partial charge is 0.243 e. The molecule has 8 heteroatoms. The van der Waals surface area contributed by atoms with Gasteiger partial charge in [-0.05, 0) is 25.0 Å². The number of carbonyl (C=O) groups is 1. The van der Waals surface area contributed by atoms with Crippen LogP contribution in [0.15, 0.2) is 17.0 Å². The molecule has 0 bridgehead atoms. The molecule has 5 N–H and O–H groups in total. The average molecular weight is 301 g/mol. The summed E-state index contributed by atoms with van der Waals surface area (Å²) in [5.74, 6) is -0.605. The van der Waals surface area contributed by atoms with Gasteiger partial charge < -0.3 is 16.2 Å². The molecule has 0 radical (unpaired) electrons. The number of benzene rings is 1. The Morgan fingerprint density at radius 1 is 1.30 bits per heavy atom. The predicted molar refractivity (Wildman–Crippen MR) is 75.5 cm³/mol. The summed E-state index contributed by atoms with van der Waals surface area (Å²) in [6.07, 6.45) is 0. The second-order valence-corrected chi connectivity index (χ2v) is 6.06. The Hall–Kier alpha value is -1.64. The molecular weight excluding hydrogens is 282 g/mol. The van der Waals surface area contributed by atoms with Gasteiger partial charge in [-0.3, -0.25) is 4.79 Å². The molecule has 0 aliphatic heterocycles. The van der Waals surface area contributed by atoms with E-state index in [9.17, 15) is 13.2 Å². The van der Waals surface area contributed by atoms with Gasteiger partial charge in [0.1, 0.15) is 11.5 Å². The van der Waals surface area contributed by atoms with E-state index in [1.54, 1.807) is 26.0 Å². The summed E-state index contributed by atoms with van der Waals surface area (Å²) in [4.78, 5) is 10.5. The average Bonchev–Trinajstić information content (AvgIpc) is 2.33. The van der Waals surface area contributed by atoms with E-state index in [0.717, 1.165) is 0 Å². The van der Waals surface area contributed by atoms with Gasteiger partial charge >= 0.3 is 0 Å². The Morgan fingerprint density at radius 2 is 1.90 bits per heavy atom. The molecule has 0 aliphatic carbocycles. The standard InChI is InChI=1S/C12H19N3O4S/c1-8-3-4-9(2)12(11(8)14)20(17,18)15-5-6-19-7-10(13)16/h3-4,15H,5-7,14H2,1-2H3,(H2,13,16). The van der Waals surface area contributed by atoms with Crippen LogP contribution < -0.4 is 16.2 Å². The zero-order valence-electron chi connectivity index (χ0n) is 11.5. The maximum Gasteiger partial charge on any atom is 0.243 e. The van der Waals surface area contributed by atoms with Crippen molar-refractivity contribution in [1.82, 2.24) is 4.72 Å². The third-order valence-corrected chi connectivity index (χ3v) is 4.33.